The third-order valence-electron chi connectivity index (χ3n) is 3.83. The second-order valence-corrected chi connectivity index (χ2v) is 6.31. The van der Waals surface area contributed by atoms with Crippen LogP contribution in [0.2, 0.25) is 0 Å². The Balaban J connectivity index is 1.92. The molecule has 0 aliphatic carbocycles. The Labute approximate surface area is 142 Å². The monoisotopic (exact) mass is 336 g/mol. The Bertz CT molecular complexity index is 603. The number of likely N-dealkylation sites (N-methyl/N-ethyl adjacent to an activating group) is 1. The van der Waals surface area contributed by atoms with Gasteiger partial charge in [-0.2, -0.15) is 0 Å². The first kappa shape index (κ1) is 18.1. The van der Waals surface area contributed by atoms with Crippen molar-refractivity contribution >= 4 is 17.5 Å². The van der Waals surface area contributed by atoms with Gasteiger partial charge in [0.1, 0.15) is 13.2 Å². The van der Waals surface area contributed by atoms with E-state index in [1.54, 1.807) is 25.1 Å². The summed E-state index contributed by atoms with van der Waals surface area (Å²) in [6.45, 7) is 6.89. The first-order valence-corrected chi connectivity index (χ1v) is 8.19. The van der Waals surface area contributed by atoms with E-state index in [2.05, 4.69) is 10.6 Å². The molecular formula is C17H26N3O4+. The third kappa shape index (κ3) is 4.86. The number of amides is 2. The summed E-state index contributed by atoms with van der Waals surface area (Å²) in [6, 6.07) is 5.03. The number of carbonyl (C=O) groups excluding carboxylic acids is 2. The van der Waals surface area contributed by atoms with Gasteiger partial charge in [-0.05, 0) is 32.9 Å². The second kappa shape index (κ2) is 8.01. The lowest BCUT2D eigenvalue weighted by atomic mass is 10.2. The Morgan fingerprint density at radius 1 is 1.17 bits per heavy atom. The molecule has 132 valence electrons. The van der Waals surface area contributed by atoms with E-state index in [1.165, 1.54) is 0 Å². The van der Waals surface area contributed by atoms with Crippen LogP contribution in [0.15, 0.2) is 18.2 Å². The number of carbonyl (C=O) groups is 2. The zero-order valence-corrected chi connectivity index (χ0v) is 14.6. The first-order valence-electron chi connectivity index (χ1n) is 8.19. The van der Waals surface area contributed by atoms with Crippen molar-refractivity contribution < 1.29 is 24.0 Å². The van der Waals surface area contributed by atoms with E-state index >= 15 is 0 Å². The Hall–Kier alpha value is -2.28. The van der Waals surface area contributed by atoms with E-state index in [0.29, 0.717) is 30.4 Å². The van der Waals surface area contributed by atoms with Gasteiger partial charge in [0.2, 0.25) is 0 Å². The number of ether oxygens (including phenoxy) is 2. The first-order chi connectivity index (χ1) is 11.4. The molecule has 7 nitrogen and oxygen atoms in total. The van der Waals surface area contributed by atoms with Crippen LogP contribution in [0.5, 0.6) is 11.5 Å². The van der Waals surface area contributed by atoms with E-state index in [0.717, 1.165) is 4.90 Å². The fourth-order valence-corrected chi connectivity index (χ4v) is 2.37. The molecule has 0 bridgehead atoms. The number of rotatable bonds is 6. The average Bonchev–Trinajstić information content (AvgIpc) is 2.53. The molecule has 1 heterocycles. The highest BCUT2D eigenvalue weighted by molar-refractivity contribution is 5.94. The average molecular weight is 336 g/mol. The predicted molar refractivity (Wildman–Crippen MR) is 90.6 cm³/mol. The maximum absolute atomic E-state index is 12.4. The minimum absolute atomic E-state index is 0.0681. The number of anilines is 1. The maximum Gasteiger partial charge on any atom is 0.282 e. The quantitative estimate of drug-likeness (QED) is 0.673. The molecule has 0 aromatic heterocycles. The molecule has 1 aromatic carbocycles. The highest BCUT2D eigenvalue weighted by atomic mass is 16.6. The van der Waals surface area contributed by atoms with Crippen molar-refractivity contribution in [3.63, 3.8) is 0 Å². The molecule has 1 aromatic rings. The molecule has 0 radical (unpaired) electrons. The highest BCUT2D eigenvalue weighted by Gasteiger charge is 2.24. The number of fused-ring (bicyclic) bond motifs is 1. The van der Waals surface area contributed by atoms with Crippen molar-refractivity contribution in [1.29, 1.82) is 0 Å². The minimum atomic E-state index is -0.365. The zero-order valence-electron chi connectivity index (χ0n) is 14.6. The van der Waals surface area contributed by atoms with Gasteiger partial charge in [0, 0.05) is 17.8 Å². The molecule has 1 unspecified atom stereocenters. The van der Waals surface area contributed by atoms with Gasteiger partial charge >= 0.3 is 0 Å². The molecule has 0 spiro atoms. The van der Waals surface area contributed by atoms with Gasteiger partial charge in [0.25, 0.3) is 11.8 Å². The van der Waals surface area contributed by atoms with Crippen LogP contribution in [-0.2, 0) is 9.59 Å². The number of hydrogen-bond donors (Lipinski definition) is 3. The van der Waals surface area contributed by atoms with E-state index < -0.39 is 0 Å². The lowest BCUT2D eigenvalue weighted by Crippen LogP contribution is -3.15. The van der Waals surface area contributed by atoms with Crippen LogP contribution < -0.4 is 25.0 Å². The minimum Gasteiger partial charge on any atom is -0.486 e. The summed E-state index contributed by atoms with van der Waals surface area (Å²) in [5, 5.41) is 5.69. The molecule has 1 aliphatic rings. The third-order valence-corrected chi connectivity index (χ3v) is 3.83. The summed E-state index contributed by atoms with van der Waals surface area (Å²) in [5.41, 5.74) is 0.649. The summed E-state index contributed by atoms with van der Waals surface area (Å²) in [4.78, 5) is 25.0. The van der Waals surface area contributed by atoms with Crippen molar-refractivity contribution in [2.24, 2.45) is 0 Å². The Kier molecular flexibility index (Phi) is 6.03. The molecular weight excluding hydrogens is 310 g/mol. The smallest absolute Gasteiger partial charge is 0.282 e. The number of hydrogen-bond acceptors (Lipinski definition) is 4. The predicted octanol–water partition coefficient (Wildman–Crippen LogP) is -0.176. The normalized spacial score (nSPS) is 15.5. The van der Waals surface area contributed by atoms with Crippen LogP contribution in [0.4, 0.5) is 5.69 Å². The Morgan fingerprint density at radius 2 is 1.83 bits per heavy atom. The van der Waals surface area contributed by atoms with E-state index in [-0.39, 0.29) is 30.4 Å². The molecule has 3 N–H and O–H groups in total. The molecule has 24 heavy (non-hydrogen) atoms. The van der Waals surface area contributed by atoms with E-state index in [4.69, 9.17) is 9.47 Å². The van der Waals surface area contributed by atoms with Crippen molar-refractivity contribution in [2.45, 2.75) is 32.9 Å². The van der Waals surface area contributed by atoms with Crippen LogP contribution in [-0.4, -0.2) is 50.7 Å². The molecule has 2 atom stereocenters. The van der Waals surface area contributed by atoms with Gasteiger partial charge in [-0.1, -0.05) is 0 Å². The van der Waals surface area contributed by atoms with Crippen molar-refractivity contribution in [2.75, 3.05) is 32.1 Å². The summed E-state index contributed by atoms with van der Waals surface area (Å²) in [6.07, 6.45) is 0. The van der Waals surface area contributed by atoms with Crippen LogP contribution in [0.25, 0.3) is 0 Å². The lowest BCUT2D eigenvalue weighted by molar-refractivity contribution is -0.885. The fourth-order valence-electron chi connectivity index (χ4n) is 2.37. The van der Waals surface area contributed by atoms with Gasteiger partial charge in [-0.25, -0.2) is 0 Å². The number of benzene rings is 1. The SMILES string of the molecule is CC(C)NC(=O)C[NH+](C)[C@@H](C)C(=O)Nc1ccc2c(c1)OCCO2. The highest BCUT2D eigenvalue weighted by Crippen LogP contribution is 2.32. The Morgan fingerprint density at radius 3 is 2.50 bits per heavy atom. The fraction of sp³-hybridized carbons (Fsp3) is 0.529. The van der Waals surface area contributed by atoms with Crippen LogP contribution in [0, 0.1) is 0 Å². The van der Waals surface area contributed by atoms with Gasteiger partial charge in [0.05, 0.1) is 7.05 Å². The van der Waals surface area contributed by atoms with Crippen LogP contribution in [0.1, 0.15) is 20.8 Å². The van der Waals surface area contributed by atoms with Crippen molar-refractivity contribution in [3.8, 4) is 11.5 Å². The molecule has 0 saturated carbocycles. The van der Waals surface area contributed by atoms with Gasteiger partial charge in [0.15, 0.2) is 24.1 Å². The summed E-state index contributed by atoms with van der Waals surface area (Å²) < 4.78 is 11.0. The van der Waals surface area contributed by atoms with E-state index in [1.807, 2.05) is 20.9 Å². The molecule has 2 amide bonds. The molecule has 1 aliphatic heterocycles. The largest absolute Gasteiger partial charge is 0.486 e. The van der Waals surface area contributed by atoms with E-state index in [9.17, 15) is 9.59 Å². The zero-order chi connectivity index (χ0) is 17.7. The topological polar surface area (TPSA) is 81.1 Å². The molecule has 7 heteroatoms. The summed E-state index contributed by atoms with van der Waals surface area (Å²) in [5.74, 6) is 1.09. The molecule has 0 saturated heterocycles. The molecule has 2 rings (SSSR count). The number of nitrogens with one attached hydrogen (secondary N) is 3. The van der Waals surface area contributed by atoms with Crippen molar-refractivity contribution in [3.05, 3.63) is 18.2 Å². The van der Waals surface area contributed by atoms with Crippen molar-refractivity contribution in [1.82, 2.24) is 5.32 Å². The lowest BCUT2D eigenvalue weighted by Gasteiger charge is -2.22. The van der Waals surface area contributed by atoms with Gasteiger partial charge in [-0.3, -0.25) is 9.59 Å². The second-order valence-electron chi connectivity index (χ2n) is 6.31. The van der Waals surface area contributed by atoms with Crippen LogP contribution in [0.3, 0.4) is 0 Å². The maximum atomic E-state index is 12.4. The summed E-state index contributed by atoms with van der Waals surface area (Å²) >= 11 is 0. The number of quaternary nitrogens is 1. The summed E-state index contributed by atoms with van der Waals surface area (Å²) in [7, 11) is 1.83. The van der Waals surface area contributed by atoms with Crippen LogP contribution >= 0.6 is 0 Å². The molecule has 0 fully saturated rings. The van der Waals surface area contributed by atoms with Gasteiger partial charge < -0.3 is 25.0 Å². The van der Waals surface area contributed by atoms with Gasteiger partial charge in [-0.15, -0.1) is 0 Å². The standard InChI is InChI=1S/C17H25N3O4/c1-11(2)18-16(21)10-20(4)12(3)17(22)19-13-5-6-14-15(9-13)24-8-7-23-14/h5-6,9,11-12H,7-8,10H2,1-4H3,(H,18,21)(H,19,22)/p+1/t12-/m0/s1.